The largest absolute Gasteiger partial charge is 0.433 e. The number of carbonyl (C=O) groups excluding carboxylic acids is 2. The highest BCUT2D eigenvalue weighted by molar-refractivity contribution is 5.98. The van der Waals surface area contributed by atoms with Crippen LogP contribution < -0.4 is 20.7 Å². The molecule has 0 radical (unpaired) electrons. The fourth-order valence-electron chi connectivity index (χ4n) is 4.75. The minimum absolute atomic E-state index is 0.0699. The van der Waals surface area contributed by atoms with E-state index in [9.17, 15) is 18.4 Å². The first kappa shape index (κ1) is 24.8. The Balaban J connectivity index is 1.50. The molecule has 0 bridgehead atoms. The van der Waals surface area contributed by atoms with Crippen LogP contribution in [0, 0.1) is 11.8 Å². The number of nitrogens with zero attached hydrogens (tertiary/aromatic N) is 2. The van der Waals surface area contributed by atoms with E-state index in [0.29, 0.717) is 30.7 Å². The summed E-state index contributed by atoms with van der Waals surface area (Å²) in [7, 11) is 0. The summed E-state index contributed by atoms with van der Waals surface area (Å²) in [5.41, 5.74) is 6.58. The molecule has 1 atom stereocenters. The van der Waals surface area contributed by atoms with Crippen LogP contribution in [0.1, 0.15) is 38.5 Å². The van der Waals surface area contributed by atoms with Gasteiger partial charge in [-0.3, -0.25) is 14.5 Å². The van der Waals surface area contributed by atoms with Crippen LogP contribution in [0.25, 0.3) is 0 Å². The summed E-state index contributed by atoms with van der Waals surface area (Å²) in [6, 6.07) is 3.89. The van der Waals surface area contributed by atoms with Crippen molar-refractivity contribution in [3.8, 4) is 5.75 Å². The Bertz CT molecular complexity index is 847. The number of ether oxygens (including phenoxy) is 2. The van der Waals surface area contributed by atoms with E-state index < -0.39 is 12.7 Å². The molecule has 3 N–H and O–H groups in total. The number of alkyl halides is 2. The summed E-state index contributed by atoms with van der Waals surface area (Å²) in [5.74, 6) is 0.350. The molecule has 4 rings (SSSR count). The van der Waals surface area contributed by atoms with Gasteiger partial charge in [-0.25, -0.2) is 0 Å². The van der Waals surface area contributed by atoms with E-state index in [-0.39, 0.29) is 36.4 Å². The van der Waals surface area contributed by atoms with Gasteiger partial charge >= 0.3 is 6.61 Å². The van der Waals surface area contributed by atoms with Crippen LogP contribution in [-0.4, -0.2) is 68.8 Å². The molecule has 0 aromatic heterocycles. The van der Waals surface area contributed by atoms with Crippen molar-refractivity contribution in [2.75, 3.05) is 49.6 Å². The Morgan fingerprint density at radius 3 is 2.41 bits per heavy atom. The van der Waals surface area contributed by atoms with E-state index in [0.717, 1.165) is 38.8 Å². The first-order valence-corrected chi connectivity index (χ1v) is 12.2. The molecule has 3 aliphatic rings. The highest BCUT2D eigenvalue weighted by Gasteiger charge is 2.33. The summed E-state index contributed by atoms with van der Waals surface area (Å²) >= 11 is 0. The summed E-state index contributed by atoms with van der Waals surface area (Å²) in [5, 5.41) is 2.76. The van der Waals surface area contributed by atoms with Gasteiger partial charge in [-0.05, 0) is 49.7 Å². The number of halogens is 2. The maximum atomic E-state index is 13.3. The average Bonchev–Trinajstić information content (AvgIpc) is 2.74. The van der Waals surface area contributed by atoms with Gasteiger partial charge in [0.2, 0.25) is 5.91 Å². The SMILES string of the molecule is NC[C@H](C(=O)Nc1ccc(N2CCOCC2=O)cc1OC(F)F)N(CC1CCC1)CC1CCC1. The zero-order chi connectivity index (χ0) is 24.1. The Hall–Kier alpha value is -2.30. The van der Waals surface area contributed by atoms with E-state index in [1.165, 1.54) is 29.9 Å². The number of carbonyl (C=O) groups is 2. The summed E-state index contributed by atoms with van der Waals surface area (Å²) < 4.78 is 36.1. The van der Waals surface area contributed by atoms with Gasteiger partial charge in [0, 0.05) is 37.9 Å². The van der Waals surface area contributed by atoms with Crippen molar-refractivity contribution in [1.82, 2.24) is 4.90 Å². The normalized spacial score (nSPS) is 20.3. The van der Waals surface area contributed by atoms with Crippen LogP contribution >= 0.6 is 0 Å². The molecule has 0 unspecified atom stereocenters. The van der Waals surface area contributed by atoms with Crippen LogP contribution in [0.2, 0.25) is 0 Å². The molecule has 3 fully saturated rings. The Labute approximate surface area is 198 Å². The minimum Gasteiger partial charge on any atom is -0.433 e. The van der Waals surface area contributed by atoms with Crippen LogP contribution in [0.5, 0.6) is 5.75 Å². The number of hydrogen-bond acceptors (Lipinski definition) is 6. The Morgan fingerprint density at radius 2 is 1.88 bits per heavy atom. The highest BCUT2D eigenvalue weighted by Crippen LogP contribution is 2.34. The van der Waals surface area contributed by atoms with Crippen LogP contribution in [-0.2, 0) is 14.3 Å². The third-order valence-corrected chi connectivity index (χ3v) is 7.14. The molecule has 2 aliphatic carbocycles. The van der Waals surface area contributed by atoms with Gasteiger partial charge < -0.3 is 25.4 Å². The van der Waals surface area contributed by atoms with Gasteiger partial charge in [-0.15, -0.1) is 0 Å². The molecule has 1 aromatic rings. The molecule has 2 amide bonds. The second-order valence-electron chi connectivity index (χ2n) is 9.45. The average molecular weight is 481 g/mol. The molecule has 1 aliphatic heterocycles. The maximum Gasteiger partial charge on any atom is 0.387 e. The zero-order valence-corrected chi connectivity index (χ0v) is 19.4. The number of rotatable bonds is 11. The smallest absolute Gasteiger partial charge is 0.387 e. The Morgan fingerprint density at radius 1 is 1.21 bits per heavy atom. The monoisotopic (exact) mass is 480 g/mol. The first-order chi connectivity index (χ1) is 16.4. The molecule has 0 spiro atoms. The van der Waals surface area contributed by atoms with E-state index in [4.69, 9.17) is 15.2 Å². The highest BCUT2D eigenvalue weighted by atomic mass is 19.3. The van der Waals surface area contributed by atoms with Crippen molar-refractivity contribution in [3.63, 3.8) is 0 Å². The third kappa shape index (κ3) is 6.03. The molecule has 1 heterocycles. The minimum atomic E-state index is -3.08. The number of anilines is 2. The van der Waals surface area contributed by atoms with Gasteiger partial charge in [-0.1, -0.05) is 12.8 Å². The predicted octanol–water partition coefficient (Wildman–Crippen LogP) is 2.82. The van der Waals surface area contributed by atoms with Gasteiger partial charge in [0.25, 0.3) is 5.91 Å². The van der Waals surface area contributed by atoms with E-state index in [1.54, 1.807) is 6.07 Å². The van der Waals surface area contributed by atoms with Gasteiger partial charge in [0.15, 0.2) is 5.75 Å². The lowest BCUT2D eigenvalue weighted by Crippen LogP contribution is -2.52. The van der Waals surface area contributed by atoms with Crippen molar-refractivity contribution in [2.24, 2.45) is 17.6 Å². The molecule has 188 valence electrons. The zero-order valence-electron chi connectivity index (χ0n) is 19.4. The fraction of sp³-hybridized carbons (Fsp3) is 0.667. The van der Waals surface area contributed by atoms with Crippen molar-refractivity contribution < 1.29 is 27.8 Å². The molecule has 2 saturated carbocycles. The van der Waals surface area contributed by atoms with Crippen LogP contribution in [0.3, 0.4) is 0 Å². The quantitative estimate of drug-likeness (QED) is 0.506. The van der Waals surface area contributed by atoms with Crippen LogP contribution in [0.15, 0.2) is 18.2 Å². The predicted molar refractivity (Wildman–Crippen MR) is 124 cm³/mol. The molecular formula is C24H34F2N4O4. The summed E-state index contributed by atoms with van der Waals surface area (Å²) in [6.45, 7) is -0.702. The molecule has 8 nitrogen and oxygen atoms in total. The first-order valence-electron chi connectivity index (χ1n) is 12.2. The summed E-state index contributed by atoms with van der Waals surface area (Å²) in [4.78, 5) is 29.1. The molecular weight excluding hydrogens is 446 g/mol. The summed E-state index contributed by atoms with van der Waals surface area (Å²) in [6.07, 6.45) is 7.08. The lowest BCUT2D eigenvalue weighted by Gasteiger charge is -2.40. The lowest BCUT2D eigenvalue weighted by atomic mass is 9.82. The van der Waals surface area contributed by atoms with Crippen molar-refractivity contribution in [1.29, 1.82) is 0 Å². The molecule has 10 heteroatoms. The van der Waals surface area contributed by atoms with Crippen molar-refractivity contribution in [2.45, 2.75) is 51.2 Å². The second-order valence-corrected chi connectivity index (χ2v) is 9.45. The van der Waals surface area contributed by atoms with Crippen molar-refractivity contribution in [3.05, 3.63) is 18.2 Å². The number of amides is 2. The molecule has 34 heavy (non-hydrogen) atoms. The maximum absolute atomic E-state index is 13.3. The van der Waals surface area contributed by atoms with E-state index >= 15 is 0 Å². The second kappa shape index (κ2) is 11.4. The molecule has 1 saturated heterocycles. The number of morpholine rings is 1. The standard InChI is InChI=1S/C24H34F2N4O4/c25-24(26)34-21-11-18(30-9-10-33-15-22(30)31)7-8-19(21)28-23(32)20(12-27)29(13-16-3-1-4-16)14-17-5-2-6-17/h7-8,11,16-17,20,24H,1-6,9-10,12-15,27H2,(H,28,32)/t20-/m1/s1. The van der Waals surface area contributed by atoms with E-state index in [1.807, 2.05) is 0 Å². The number of hydrogen-bond donors (Lipinski definition) is 2. The van der Waals surface area contributed by atoms with Crippen molar-refractivity contribution >= 4 is 23.2 Å². The van der Waals surface area contributed by atoms with E-state index in [2.05, 4.69) is 10.2 Å². The number of benzene rings is 1. The number of nitrogens with one attached hydrogen (secondary N) is 1. The van der Waals surface area contributed by atoms with Gasteiger partial charge in [0.1, 0.15) is 12.6 Å². The molecule has 1 aromatic carbocycles. The van der Waals surface area contributed by atoms with Gasteiger partial charge in [-0.2, -0.15) is 8.78 Å². The number of nitrogens with two attached hydrogens (primary N) is 1. The van der Waals surface area contributed by atoms with Gasteiger partial charge in [0.05, 0.1) is 12.3 Å². The third-order valence-electron chi connectivity index (χ3n) is 7.14. The fourth-order valence-corrected chi connectivity index (χ4v) is 4.75. The lowest BCUT2D eigenvalue weighted by molar-refractivity contribution is -0.125. The van der Waals surface area contributed by atoms with Crippen LogP contribution in [0.4, 0.5) is 20.2 Å². The topological polar surface area (TPSA) is 97.1 Å². The Kier molecular flexibility index (Phi) is 8.33.